The number of aliphatic hydroxyl groups excluding tert-OH is 1. The second-order valence-corrected chi connectivity index (χ2v) is 7.91. The second-order valence-electron chi connectivity index (χ2n) is 7.91. The number of piperazine rings is 1. The first kappa shape index (κ1) is 17.7. The summed E-state index contributed by atoms with van der Waals surface area (Å²) in [4.78, 5) is 40.0. The quantitative estimate of drug-likeness (QED) is 0.337. The van der Waals surface area contributed by atoms with Crippen molar-refractivity contribution in [1.82, 2.24) is 15.5 Å². The highest BCUT2D eigenvalue weighted by molar-refractivity contribution is 6.26. The molecule has 0 bridgehead atoms. The van der Waals surface area contributed by atoms with E-state index in [-0.39, 0.29) is 40.8 Å². The average molecular weight is 391 g/mol. The van der Waals surface area contributed by atoms with Crippen LogP contribution in [0.1, 0.15) is 19.8 Å². The molecule has 28 heavy (non-hydrogen) atoms. The lowest BCUT2D eigenvalue weighted by Gasteiger charge is -2.46. The van der Waals surface area contributed by atoms with Crippen LogP contribution >= 0.6 is 0 Å². The van der Waals surface area contributed by atoms with Gasteiger partial charge in [-0.2, -0.15) is 0 Å². The molecule has 1 saturated carbocycles. The van der Waals surface area contributed by atoms with Crippen LogP contribution in [0.3, 0.4) is 0 Å². The van der Waals surface area contributed by atoms with Gasteiger partial charge in [-0.1, -0.05) is 0 Å². The fraction of sp³-hybridized carbons (Fsp3) is 0.611. The number of ketones is 2. The van der Waals surface area contributed by atoms with Gasteiger partial charge in [-0.05, 0) is 19.8 Å². The third-order valence-corrected chi connectivity index (χ3v) is 6.44. The lowest BCUT2D eigenvalue weighted by atomic mass is 9.76. The molecule has 10 heteroatoms. The molecule has 0 aromatic carbocycles. The number of aliphatic hydroxyl groups is 1. The number of hydrogen-bond donors (Lipinski definition) is 4. The Balaban J connectivity index is 1.72. The van der Waals surface area contributed by atoms with E-state index in [1.54, 1.807) is 4.90 Å². The summed E-state index contributed by atoms with van der Waals surface area (Å²) in [7, 11) is 1.39. The number of carbonyl (C=O) groups excluding carboxylic acids is 2. The SMILES string of the molecule is COC12C3NC3CN1C1=C(C(=O)C(OC3CC3)=C(C)C1=O)C2(CO)NC(=O)O. The number of carbonyl (C=O) groups is 3. The molecule has 5 rings (SSSR count). The van der Waals surface area contributed by atoms with Crippen LogP contribution in [0.5, 0.6) is 0 Å². The van der Waals surface area contributed by atoms with Crippen molar-refractivity contribution >= 4 is 17.7 Å². The Labute approximate surface area is 160 Å². The molecule has 4 atom stereocenters. The Morgan fingerprint density at radius 3 is 2.64 bits per heavy atom. The summed E-state index contributed by atoms with van der Waals surface area (Å²) in [6.07, 6.45) is 0.0425. The van der Waals surface area contributed by atoms with Crippen LogP contribution in [0.25, 0.3) is 0 Å². The van der Waals surface area contributed by atoms with Gasteiger partial charge in [-0.15, -0.1) is 0 Å². The zero-order valence-corrected chi connectivity index (χ0v) is 15.4. The van der Waals surface area contributed by atoms with Crippen molar-refractivity contribution < 1.29 is 34.1 Å². The Kier molecular flexibility index (Phi) is 3.37. The third-order valence-electron chi connectivity index (χ3n) is 6.44. The van der Waals surface area contributed by atoms with Gasteiger partial charge < -0.3 is 35.2 Å². The highest BCUT2D eigenvalue weighted by atomic mass is 16.5. The predicted octanol–water partition coefficient (Wildman–Crippen LogP) is -1.14. The molecule has 150 valence electrons. The molecule has 5 aliphatic rings. The molecule has 10 nitrogen and oxygen atoms in total. The first-order valence-electron chi connectivity index (χ1n) is 9.25. The lowest BCUT2D eigenvalue weighted by Crippen LogP contribution is -2.72. The molecule has 0 aromatic heterocycles. The zero-order chi connectivity index (χ0) is 20.0. The van der Waals surface area contributed by atoms with Gasteiger partial charge in [-0.3, -0.25) is 9.59 Å². The molecule has 3 fully saturated rings. The van der Waals surface area contributed by atoms with Gasteiger partial charge in [0.15, 0.2) is 11.5 Å². The van der Waals surface area contributed by atoms with E-state index in [4.69, 9.17) is 9.47 Å². The Morgan fingerprint density at radius 1 is 1.36 bits per heavy atom. The summed E-state index contributed by atoms with van der Waals surface area (Å²) in [5.74, 6) is -1.05. The van der Waals surface area contributed by atoms with E-state index in [2.05, 4.69) is 10.6 Å². The van der Waals surface area contributed by atoms with E-state index in [1.165, 1.54) is 14.0 Å². The summed E-state index contributed by atoms with van der Waals surface area (Å²) in [5.41, 5.74) is -3.06. The van der Waals surface area contributed by atoms with Gasteiger partial charge in [0.1, 0.15) is 5.54 Å². The monoisotopic (exact) mass is 391 g/mol. The maximum absolute atomic E-state index is 13.5. The third kappa shape index (κ3) is 1.85. The summed E-state index contributed by atoms with van der Waals surface area (Å²) in [5, 5.41) is 25.5. The number of ether oxygens (including phenoxy) is 2. The van der Waals surface area contributed by atoms with Gasteiger partial charge in [0.05, 0.1) is 30.0 Å². The maximum atomic E-state index is 13.5. The number of nitrogens with zero attached hydrogens (tertiary/aromatic N) is 1. The molecule has 1 amide bonds. The topological polar surface area (TPSA) is 147 Å². The number of allylic oxidation sites excluding steroid dienone is 2. The number of hydrogen-bond acceptors (Lipinski definition) is 8. The standard InChI is InChI=1S/C18H21N3O7/c1-7-12(23)11-10(13(24)14(7)28-8-3-4-8)17(6-22,20-16(25)26)18(27-2)15-9(19-15)5-21(11)18/h8-9,15,19-20,22H,3-6H2,1-2H3,(H,25,26). The summed E-state index contributed by atoms with van der Waals surface area (Å²) >= 11 is 0. The molecular weight excluding hydrogens is 370 g/mol. The molecule has 4 unspecified atom stereocenters. The summed E-state index contributed by atoms with van der Waals surface area (Å²) in [6.45, 7) is 1.16. The van der Waals surface area contributed by atoms with E-state index >= 15 is 0 Å². The van der Waals surface area contributed by atoms with Crippen LogP contribution in [-0.4, -0.2) is 82.5 Å². The Morgan fingerprint density at radius 2 is 2.07 bits per heavy atom. The fourth-order valence-corrected chi connectivity index (χ4v) is 5.06. The molecule has 0 radical (unpaired) electrons. The van der Waals surface area contributed by atoms with Gasteiger partial charge >= 0.3 is 6.09 Å². The average Bonchev–Trinajstić information content (AvgIpc) is 3.57. The van der Waals surface area contributed by atoms with Gasteiger partial charge in [0, 0.05) is 25.3 Å². The number of amides is 1. The van der Waals surface area contributed by atoms with Crippen molar-refractivity contribution in [2.45, 2.75) is 49.2 Å². The summed E-state index contributed by atoms with van der Waals surface area (Å²) < 4.78 is 11.5. The molecule has 4 N–H and O–H groups in total. The smallest absolute Gasteiger partial charge is 0.405 e. The largest absolute Gasteiger partial charge is 0.486 e. The number of carboxylic acid groups (broad SMARTS) is 1. The predicted molar refractivity (Wildman–Crippen MR) is 92.0 cm³/mol. The minimum Gasteiger partial charge on any atom is -0.486 e. The van der Waals surface area contributed by atoms with E-state index in [0.29, 0.717) is 6.54 Å². The Bertz CT molecular complexity index is 892. The van der Waals surface area contributed by atoms with Crippen molar-refractivity contribution in [1.29, 1.82) is 0 Å². The van der Waals surface area contributed by atoms with E-state index in [0.717, 1.165) is 12.8 Å². The first-order valence-corrected chi connectivity index (χ1v) is 9.25. The minimum absolute atomic E-state index is 0.0215. The zero-order valence-electron chi connectivity index (χ0n) is 15.4. The fourth-order valence-electron chi connectivity index (χ4n) is 5.06. The van der Waals surface area contributed by atoms with Crippen LogP contribution in [0.15, 0.2) is 22.6 Å². The lowest BCUT2D eigenvalue weighted by molar-refractivity contribution is -0.151. The molecule has 3 aliphatic heterocycles. The van der Waals surface area contributed by atoms with Crippen molar-refractivity contribution in [3.05, 3.63) is 22.6 Å². The second kappa shape index (κ2) is 5.34. The normalized spacial score (nSPS) is 38.5. The van der Waals surface area contributed by atoms with Crippen molar-refractivity contribution in [3.63, 3.8) is 0 Å². The van der Waals surface area contributed by atoms with Crippen LogP contribution in [-0.2, 0) is 19.1 Å². The highest BCUT2D eigenvalue weighted by Gasteiger charge is 2.79. The van der Waals surface area contributed by atoms with Crippen molar-refractivity contribution in [3.8, 4) is 0 Å². The molecule has 0 spiro atoms. The van der Waals surface area contributed by atoms with Crippen molar-refractivity contribution in [2.24, 2.45) is 0 Å². The molecule has 3 heterocycles. The Hall–Kier alpha value is -2.43. The van der Waals surface area contributed by atoms with Gasteiger partial charge in [0.2, 0.25) is 11.6 Å². The van der Waals surface area contributed by atoms with Gasteiger partial charge in [-0.25, -0.2) is 4.79 Å². The van der Waals surface area contributed by atoms with Crippen molar-refractivity contribution in [2.75, 3.05) is 20.3 Å². The number of fused-ring (bicyclic) bond motifs is 4. The maximum Gasteiger partial charge on any atom is 0.405 e. The first-order chi connectivity index (χ1) is 13.3. The van der Waals surface area contributed by atoms with Gasteiger partial charge in [0.25, 0.3) is 0 Å². The van der Waals surface area contributed by atoms with Crippen LogP contribution in [0.4, 0.5) is 4.79 Å². The van der Waals surface area contributed by atoms with Crippen LogP contribution < -0.4 is 10.6 Å². The summed E-state index contributed by atoms with van der Waals surface area (Å²) in [6, 6.07) is -0.359. The van der Waals surface area contributed by atoms with E-state index in [1.807, 2.05) is 0 Å². The molecular formula is C18H21N3O7. The molecule has 0 aromatic rings. The highest BCUT2D eigenvalue weighted by Crippen LogP contribution is 2.57. The number of methoxy groups -OCH3 is 1. The van der Waals surface area contributed by atoms with E-state index < -0.39 is 35.5 Å². The molecule has 2 aliphatic carbocycles. The number of Topliss-reactive ketones (excluding diaryl/α,β-unsaturated/α-hetero) is 2. The number of nitrogens with one attached hydrogen (secondary N) is 2. The van der Waals surface area contributed by atoms with Crippen LogP contribution in [0.2, 0.25) is 0 Å². The van der Waals surface area contributed by atoms with Crippen LogP contribution in [0, 0.1) is 0 Å². The minimum atomic E-state index is -1.82. The van der Waals surface area contributed by atoms with E-state index in [9.17, 15) is 24.6 Å². The molecule has 2 saturated heterocycles. The number of rotatable bonds is 5.